The van der Waals surface area contributed by atoms with E-state index < -0.39 is 0 Å². The molecule has 0 rings (SSSR count). The summed E-state index contributed by atoms with van der Waals surface area (Å²) < 4.78 is 0. The van der Waals surface area contributed by atoms with Crippen LogP contribution in [0.4, 0.5) is 0 Å². The quantitative estimate of drug-likeness (QED) is 0.644. The predicted octanol–water partition coefficient (Wildman–Crippen LogP) is 4.18. The van der Waals surface area contributed by atoms with Crippen LogP contribution in [0, 0.1) is 11.3 Å². The summed E-state index contributed by atoms with van der Waals surface area (Å²) in [6.45, 7) is 15.0. The highest BCUT2D eigenvalue weighted by Gasteiger charge is 2.23. The van der Waals surface area contributed by atoms with Crippen LogP contribution in [0.25, 0.3) is 0 Å². The molecule has 0 bridgehead atoms. The Morgan fingerprint density at radius 1 is 1.19 bits per heavy atom. The van der Waals surface area contributed by atoms with Gasteiger partial charge in [0.1, 0.15) is 0 Å². The minimum absolute atomic E-state index is 0.375. The van der Waals surface area contributed by atoms with Gasteiger partial charge in [0.25, 0.3) is 0 Å². The monoisotopic (exact) mass is 245 g/mol. The van der Waals surface area contributed by atoms with Gasteiger partial charge in [0.2, 0.25) is 0 Å². The smallest absolute Gasteiger partial charge is 0.0206 e. The Bertz CT molecular complexity index is 161. The minimum atomic E-state index is 0.375. The van der Waals surface area contributed by atoms with Crippen molar-refractivity contribution in [3.8, 4) is 0 Å². The Kier molecular flexibility index (Phi) is 8.57. The van der Waals surface area contributed by atoms with Gasteiger partial charge in [-0.15, -0.1) is 0 Å². The van der Waals surface area contributed by atoms with E-state index in [1.54, 1.807) is 0 Å². The number of rotatable bonds is 8. The van der Waals surface area contributed by atoms with E-state index in [4.69, 9.17) is 0 Å². The van der Waals surface area contributed by atoms with Gasteiger partial charge in [-0.2, -0.15) is 11.8 Å². The van der Waals surface area contributed by atoms with Crippen LogP contribution in [0.2, 0.25) is 0 Å². The molecule has 1 atom stereocenters. The van der Waals surface area contributed by atoms with Gasteiger partial charge in [-0.1, -0.05) is 41.5 Å². The lowest BCUT2D eigenvalue weighted by Crippen LogP contribution is -2.42. The van der Waals surface area contributed by atoms with Gasteiger partial charge in [-0.25, -0.2) is 0 Å². The molecule has 0 amide bonds. The first-order chi connectivity index (χ1) is 7.38. The molecule has 0 aromatic heterocycles. The third kappa shape index (κ3) is 8.46. The van der Waals surface area contributed by atoms with Crippen molar-refractivity contribution < 1.29 is 0 Å². The second-order valence-corrected chi connectivity index (χ2v) is 7.28. The van der Waals surface area contributed by atoms with Gasteiger partial charge in [0, 0.05) is 11.8 Å². The van der Waals surface area contributed by atoms with E-state index >= 15 is 0 Å². The van der Waals surface area contributed by atoms with E-state index in [1.807, 2.05) is 0 Å². The fourth-order valence-corrected chi connectivity index (χ4v) is 3.11. The summed E-state index contributed by atoms with van der Waals surface area (Å²) in [6, 6.07) is 0.643. The highest BCUT2D eigenvalue weighted by molar-refractivity contribution is 7.99. The van der Waals surface area contributed by atoms with E-state index in [0.717, 1.165) is 12.5 Å². The van der Waals surface area contributed by atoms with Gasteiger partial charge < -0.3 is 5.32 Å². The fourth-order valence-electron chi connectivity index (χ4n) is 1.45. The number of thioether (sulfide) groups is 1. The SMILES string of the molecule is CCCNC(CSCCC(C)C)C(C)(C)C. The lowest BCUT2D eigenvalue weighted by molar-refractivity contribution is 0.292. The molecule has 0 radical (unpaired) electrons. The van der Waals surface area contributed by atoms with Crippen molar-refractivity contribution in [2.75, 3.05) is 18.1 Å². The van der Waals surface area contributed by atoms with Crippen molar-refractivity contribution in [2.24, 2.45) is 11.3 Å². The van der Waals surface area contributed by atoms with Gasteiger partial charge in [-0.05, 0) is 36.5 Å². The molecular formula is C14H31NS. The van der Waals surface area contributed by atoms with Gasteiger partial charge in [-0.3, -0.25) is 0 Å². The fraction of sp³-hybridized carbons (Fsp3) is 1.00. The molecule has 0 aromatic rings. The third-order valence-electron chi connectivity index (χ3n) is 2.81. The van der Waals surface area contributed by atoms with Gasteiger partial charge in [0.05, 0.1) is 0 Å². The lowest BCUT2D eigenvalue weighted by Gasteiger charge is -2.31. The maximum atomic E-state index is 3.68. The van der Waals surface area contributed by atoms with Crippen LogP contribution >= 0.6 is 11.8 Å². The van der Waals surface area contributed by atoms with Crippen molar-refractivity contribution in [1.82, 2.24) is 5.32 Å². The highest BCUT2D eigenvalue weighted by Crippen LogP contribution is 2.23. The Balaban J connectivity index is 3.84. The molecule has 1 nitrogen and oxygen atoms in total. The van der Waals surface area contributed by atoms with Crippen LogP contribution < -0.4 is 5.32 Å². The summed E-state index contributed by atoms with van der Waals surface area (Å²) in [5, 5.41) is 3.68. The van der Waals surface area contributed by atoms with E-state index in [9.17, 15) is 0 Å². The Hall–Kier alpha value is 0.310. The average molecular weight is 245 g/mol. The van der Waals surface area contributed by atoms with Crippen LogP contribution in [0.15, 0.2) is 0 Å². The standard InChI is InChI=1S/C14H31NS/c1-7-9-15-13(14(4,5)6)11-16-10-8-12(2)3/h12-13,15H,7-11H2,1-6H3. The molecule has 1 unspecified atom stereocenters. The lowest BCUT2D eigenvalue weighted by atomic mass is 9.88. The van der Waals surface area contributed by atoms with Crippen LogP contribution in [-0.2, 0) is 0 Å². The molecule has 16 heavy (non-hydrogen) atoms. The van der Waals surface area contributed by atoms with Crippen LogP contribution in [-0.4, -0.2) is 24.1 Å². The van der Waals surface area contributed by atoms with Crippen molar-refractivity contribution in [2.45, 2.75) is 60.4 Å². The van der Waals surface area contributed by atoms with E-state index in [-0.39, 0.29) is 0 Å². The summed E-state index contributed by atoms with van der Waals surface area (Å²) >= 11 is 2.10. The minimum Gasteiger partial charge on any atom is -0.313 e. The van der Waals surface area contributed by atoms with Crippen molar-refractivity contribution in [1.29, 1.82) is 0 Å². The molecule has 0 saturated carbocycles. The Labute approximate surface area is 107 Å². The summed E-state index contributed by atoms with van der Waals surface area (Å²) in [7, 11) is 0. The van der Waals surface area contributed by atoms with Crippen LogP contribution in [0.1, 0.15) is 54.4 Å². The van der Waals surface area contributed by atoms with Crippen LogP contribution in [0.3, 0.4) is 0 Å². The third-order valence-corrected chi connectivity index (χ3v) is 3.90. The van der Waals surface area contributed by atoms with Crippen molar-refractivity contribution in [3.05, 3.63) is 0 Å². The maximum absolute atomic E-state index is 3.68. The molecule has 0 heterocycles. The summed E-state index contributed by atoms with van der Waals surface area (Å²) in [5.74, 6) is 3.39. The van der Waals surface area contributed by atoms with Gasteiger partial charge >= 0.3 is 0 Å². The first-order valence-electron chi connectivity index (χ1n) is 6.69. The van der Waals surface area contributed by atoms with Crippen molar-refractivity contribution >= 4 is 11.8 Å². The summed E-state index contributed by atoms with van der Waals surface area (Å²) in [5.41, 5.74) is 0.375. The van der Waals surface area contributed by atoms with Crippen molar-refractivity contribution in [3.63, 3.8) is 0 Å². The van der Waals surface area contributed by atoms with Crippen LogP contribution in [0.5, 0.6) is 0 Å². The summed E-state index contributed by atoms with van der Waals surface area (Å²) in [6.07, 6.45) is 2.57. The molecule has 0 aliphatic heterocycles. The molecule has 2 heteroatoms. The molecule has 98 valence electrons. The molecule has 0 spiro atoms. The zero-order valence-corrected chi connectivity index (χ0v) is 12.9. The zero-order chi connectivity index (χ0) is 12.6. The largest absolute Gasteiger partial charge is 0.313 e. The average Bonchev–Trinajstić information content (AvgIpc) is 2.14. The zero-order valence-electron chi connectivity index (χ0n) is 12.1. The maximum Gasteiger partial charge on any atom is 0.0206 e. The molecule has 0 aliphatic carbocycles. The second kappa shape index (κ2) is 8.41. The Morgan fingerprint density at radius 2 is 1.81 bits per heavy atom. The van der Waals surface area contributed by atoms with E-state index in [1.165, 1.54) is 24.3 Å². The molecular weight excluding hydrogens is 214 g/mol. The summed E-state index contributed by atoms with van der Waals surface area (Å²) in [4.78, 5) is 0. The molecule has 1 N–H and O–H groups in total. The molecule has 0 fully saturated rings. The first-order valence-corrected chi connectivity index (χ1v) is 7.84. The normalized spacial score (nSPS) is 14.4. The number of nitrogens with one attached hydrogen (secondary N) is 1. The van der Waals surface area contributed by atoms with E-state index in [0.29, 0.717) is 11.5 Å². The first kappa shape index (κ1) is 16.3. The Morgan fingerprint density at radius 3 is 2.25 bits per heavy atom. The topological polar surface area (TPSA) is 12.0 Å². The number of hydrogen-bond acceptors (Lipinski definition) is 2. The molecule has 0 aliphatic rings. The van der Waals surface area contributed by atoms with E-state index in [2.05, 4.69) is 58.6 Å². The van der Waals surface area contributed by atoms with Gasteiger partial charge in [0.15, 0.2) is 0 Å². The second-order valence-electron chi connectivity index (χ2n) is 6.13. The number of hydrogen-bond donors (Lipinski definition) is 1. The molecule has 0 saturated heterocycles. The predicted molar refractivity (Wildman–Crippen MR) is 78.3 cm³/mol. The highest BCUT2D eigenvalue weighted by atomic mass is 32.2. The molecule has 0 aromatic carbocycles.